The van der Waals surface area contributed by atoms with E-state index in [0.717, 1.165) is 14.7 Å². The number of rotatable bonds is 3. The van der Waals surface area contributed by atoms with Crippen LogP contribution in [0.15, 0.2) is 42.5 Å². The van der Waals surface area contributed by atoms with Gasteiger partial charge >= 0.3 is 0 Å². The van der Waals surface area contributed by atoms with Gasteiger partial charge in [-0.15, -0.1) is 0 Å². The van der Waals surface area contributed by atoms with Crippen LogP contribution in [0.2, 0.25) is 5.02 Å². The molecule has 0 saturated heterocycles. The molecule has 0 bridgehead atoms. The van der Waals surface area contributed by atoms with Crippen LogP contribution in [0.3, 0.4) is 0 Å². The van der Waals surface area contributed by atoms with E-state index < -0.39 is 6.10 Å². The summed E-state index contributed by atoms with van der Waals surface area (Å²) in [6, 6.07) is 13.0. The van der Waals surface area contributed by atoms with Crippen LogP contribution in [0.4, 0.5) is 0 Å². The molecule has 0 spiro atoms. The zero-order valence-corrected chi connectivity index (χ0v) is 12.6. The number of halogens is 2. The van der Waals surface area contributed by atoms with Crippen LogP contribution >= 0.6 is 34.2 Å². The number of aliphatic hydroxyl groups is 1. The molecule has 2 aromatic carbocycles. The second kappa shape index (κ2) is 5.91. The maximum absolute atomic E-state index is 10.3. The number of benzene rings is 2. The average Bonchev–Trinajstić information content (AvgIpc) is 2.38. The van der Waals surface area contributed by atoms with Crippen LogP contribution in [0.1, 0.15) is 17.2 Å². The van der Waals surface area contributed by atoms with Gasteiger partial charge in [-0.25, -0.2) is 0 Å². The van der Waals surface area contributed by atoms with Crippen LogP contribution < -0.4 is 4.74 Å². The molecule has 1 unspecified atom stereocenters. The SMILES string of the molecule is COc1ccc(C(O)c2ccc(I)cc2)cc1Cl. The van der Waals surface area contributed by atoms with Crippen LogP contribution in [-0.2, 0) is 0 Å². The minimum absolute atomic E-state index is 0.500. The molecule has 0 heterocycles. The average molecular weight is 375 g/mol. The van der Waals surface area contributed by atoms with Gasteiger partial charge in [0.05, 0.1) is 12.1 Å². The van der Waals surface area contributed by atoms with Gasteiger partial charge < -0.3 is 9.84 Å². The van der Waals surface area contributed by atoms with E-state index in [2.05, 4.69) is 22.6 Å². The second-order valence-electron chi connectivity index (χ2n) is 3.85. The molecule has 2 aromatic rings. The van der Waals surface area contributed by atoms with E-state index in [0.29, 0.717) is 10.8 Å². The molecule has 0 amide bonds. The van der Waals surface area contributed by atoms with E-state index in [1.807, 2.05) is 30.3 Å². The molecule has 0 aliphatic rings. The fourth-order valence-corrected chi connectivity index (χ4v) is 2.32. The lowest BCUT2D eigenvalue weighted by atomic mass is 10.0. The minimum Gasteiger partial charge on any atom is -0.495 e. The number of hydrogen-bond acceptors (Lipinski definition) is 2. The molecule has 1 N–H and O–H groups in total. The summed E-state index contributed by atoms with van der Waals surface area (Å²) in [5, 5.41) is 10.8. The van der Waals surface area contributed by atoms with Crippen molar-refractivity contribution in [2.45, 2.75) is 6.10 Å². The Morgan fingerprint density at radius 3 is 2.28 bits per heavy atom. The van der Waals surface area contributed by atoms with E-state index in [1.54, 1.807) is 19.2 Å². The molecule has 94 valence electrons. The maximum atomic E-state index is 10.3. The Labute approximate surface area is 125 Å². The first kappa shape index (κ1) is 13.6. The summed E-state index contributed by atoms with van der Waals surface area (Å²) < 4.78 is 6.22. The number of hydrogen-bond donors (Lipinski definition) is 1. The first-order valence-corrected chi connectivity index (χ1v) is 6.84. The lowest BCUT2D eigenvalue weighted by Gasteiger charge is -2.13. The molecule has 0 radical (unpaired) electrons. The Morgan fingerprint density at radius 1 is 1.11 bits per heavy atom. The lowest BCUT2D eigenvalue weighted by Crippen LogP contribution is -2.00. The van der Waals surface area contributed by atoms with Gasteiger partial charge in [-0.2, -0.15) is 0 Å². The summed E-state index contributed by atoms with van der Waals surface area (Å²) >= 11 is 8.28. The third-order valence-corrected chi connectivity index (χ3v) is 3.69. The van der Waals surface area contributed by atoms with Gasteiger partial charge in [0.25, 0.3) is 0 Å². The molecule has 0 saturated carbocycles. The number of methoxy groups -OCH3 is 1. The molecule has 1 atom stereocenters. The van der Waals surface area contributed by atoms with Gasteiger partial charge in [0.15, 0.2) is 0 Å². The number of aliphatic hydroxyl groups excluding tert-OH is 1. The molecule has 0 aliphatic carbocycles. The molecule has 0 aromatic heterocycles. The van der Waals surface area contributed by atoms with Crippen LogP contribution in [0.5, 0.6) is 5.75 Å². The zero-order chi connectivity index (χ0) is 13.1. The normalized spacial score (nSPS) is 12.2. The van der Waals surface area contributed by atoms with Crippen molar-refractivity contribution in [3.05, 3.63) is 62.2 Å². The Kier molecular flexibility index (Phi) is 4.48. The minimum atomic E-state index is -0.676. The predicted molar refractivity (Wildman–Crippen MR) is 81.2 cm³/mol. The Balaban J connectivity index is 2.31. The third-order valence-electron chi connectivity index (χ3n) is 2.68. The topological polar surface area (TPSA) is 29.5 Å². The van der Waals surface area contributed by atoms with E-state index in [4.69, 9.17) is 16.3 Å². The Hall–Kier alpha value is -0.780. The van der Waals surface area contributed by atoms with Gasteiger partial charge in [0, 0.05) is 3.57 Å². The Morgan fingerprint density at radius 2 is 1.72 bits per heavy atom. The highest BCUT2D eigenvalue weighted by molar-refractivity contribution is 14.1. The van der Waals surface area contributed by atoms with Gasteiger partial charge in [0.2, 0.25) is 0 Å². The molecule has 2 rings (SSSR count). The largest absolute Gasteiger partial charge is 0.495 e. The molecular weight excluding hydrogens is 363 g/mol. The summed E-state index contributed by atoms with van der Waals surface area (Å²) in [4.78, 5) is 0. The van der Waals surface area contributed by atoms with Crippen molar-refractivity contribution >= 4 is 34.2 Å². The number of ether oxygens (including phenoxy) is 1. The fourth-order valence-electron chi connectivity index (χ4n) is 1.69. The van der Waals surface area contributed by atoms with E-state index >= 15 is 0 Å². The summed E-state index contributed by atoms with van der Waals surface area (Å²) in [7, 11) is 1.57. The Bertz CT molecular complexity index is 540. The van der Waals surface area contributed by atoms with Crippen molar-refractivity contribution in [2.24, 2.45) is 0 Å². The van der Waals surface area contributed by atoms with E-state index in [1.165, 1.54) is 0 Å². The third kappa shape index (κ3) is 2.96. The summed E-state index contributed by atoms with van der Waals surface area (Å²) in [6.45, 7) is 0. The molecular formula is C14H12ClIO2. The summed E-state index contributed by atoms with van der Waals surface area (Å²) in [6.07, 6.45) is -0.676. The highest BCUT2D eigenvalue weighted by Crippen LogP contribution is 2.30. The summed E-state index contributed by atoms with van der Waals surface area (Å²) in [5.41, 5.74) is 1.60. The molecule has 0 aliphatic heterocycles. The van der Waals surface area contributed by atoms with E-state index in [9.17, 15) is 5.11 Å². The molecule has 2 nitrogen and oxygen atoms in total. The van der Waals surface area contributed by atoms with Gasteiger partial charge in [-0.05, 0) is 58.0 Å². The standard InChI is InChI=1S/C14H12ClIO2/c1-18-13-7-4-10(8-12(13)15)14(17)9-2-5-11(16)6-3-9/h2-8,14,17H,1H3. The smallest absolute Gasteiger partial charge is 0.137 e. The van der Waals surface area contributed by atoms with Crippen molar-refractivity contribution in [3.63, 3.8) is 0 Å². The van der Waals surface area contributed by atoms with Crippen LogP contribution in [0.25, 0.3) is 0 Å². The highest BCUT2D eigenvalue weighted by atomic mass is 127. The van der Waals surface area contributed by atoms with Crippen LogP contribution in [-0.4, -0.2) is 12.2 Å². The lowest BCUT2D eigenvalue weighted by molar-refractivity contribution is 0.220. The summed E-state index contributed by atoms with van der Waals surface area (Å²) in [5.74, 6) is 0.607. The molecule has 18 heavy (non-hydrogen) atoms. The second-order valence-corrected chi connectivity index (χ2v) is 5.50. The van der Waals surface area contributed by atoms with Gasteiger partial charge in [0.1, 0.15) is 11.9 Å². The van der Waals surface area contributed by atoms with Crippen molar-refractivity contribution in [1.29, 1.82) is 0 Å². The zero-order valence-electron chi connectivity index (χ0n) is 9.73. The predicted octanol–water partition coefficient (Wildman–Crippen LogP) is 4.03. The van der Waals surface area contributed by atoms with Crippen molar-refractivity contribution in [3.8, 4) is 5.75 Å². The van der Waals surface area contributed by atoms with Gasteiger partial charge in [-0.3, -0.25) is 0 Å². The quantitative estimate of drug-likeness (QED) is 0.822. The first-order valence-electron chi connectivity index (χ1n) is 5.39. The first-order chi connectivity index (χ1) is 8.61. The van der Waals surface area contributed by atoms with Crippen molar-refractivity contribution in [1.82, 2.24) is 0 Å². The van der Waals surface area contributed by atoms with Crippen molar-refractivity contribution < 1.29 is 9.84 Å². The van der Waals surface area contributed by atoms with Gasteiger partial charge in [-0.1, -0.05) is 29.8 Å². The highest BCUT2D eigenvalue weighted by Gasteiger charge is 2.12. The van der Waals surface area contributed by atoms with E-state index in [-0.39, 0.29) is 0 Å². The fraction of sp³-hybridized carbons (Fsp3) is 0.143. The van der Waals surface area contributed by atoms with Crippen molar-refractivity contribution in [2.75, 3.05) is 7.11 Å². The maximum Gasteiger partial charge on any atom is 0.137 e. The molecule has 4 heteroatoms. The van der Waals surface area contributed by atoms with Crippen LogP contribution in [0, 0.1) is 3.57 Å². The monoisotopic (exact) mass is 374 g/mol. The molecule has 0 fully saturated rings.